The van der Waals surface area contributed by atoms with Crippen LogP contribution in [-0.4, -0.2) is 19.7 Å². The number of carbonyl (C=O) groups is 1. The molecular formula is C13H20N2O2. The molecule has 4 heteroatoms. The summed E-state index contributed by atoms with van der Waals surface area (Å²) in [5, 5.41) is 5.62. The average molecular weight is 236 g/mol. The normalized spacial score (nSPS) is 9.82. The Morgan fingerprint density at radius 1 is 1.41 bits per heavy atom. The monoisotopic (exact) mass is 236 g/mol. The third-order valence-corrected chi connectivity index (χ3v) is 2.51. The molecule has 0 unspecified atom stereocenters. The topological polar surface area (TPSA) is 50.4 Å². The lowest BCUT2D eigenvalue weighted by Gasteiger charge is -2.11. The molecule has 94 valence electrons. The Balaban J connectivity index is 2.57. The lowest BCUT2D eigenvalue weighted by Crippen LogP contribution is -2.29. The second kappa shape index (κ2) is 6.78. The number of amides is 2. The van der Waals surface area contributed by atoms with Crippen molar-refractivity contribution >= 4 is 11.7 Å². The molecule has 0 saturated carbocycles. The van der Waals surface area contributed by atoms with Gasteiger partial charge in [-0.25, -0.2) is 4.79 Å². The van der Waals surface area contributed by atoms with Crippen molar-refractivity contribution in [1.29, 1.82) is 0 Å². The number of urea groups is 1. The third-order valence-electron chi connectivity index (χ3n) is 2.51. The van der Waals surface area contributed by atoms with Crippen LogP contribution in [0.5, 0.6) is 5.75 Å². The molecule has 0 saturated heterocycles. The van der Waals surface area contributed by atoms with Crippen LogP contribution in [0.4, 0.5) is 10.5 Å². The first-order valence-corrected chi connectivity index (χ1v) is 5.87. The zero-order valence-corrected chi connectivity index (χ0v) is 10.7. The molecule has 0 aliphatic rings. The van der Waals surface area contributed by atoms with E-state index in [0.29, 0.717) is 6.54 Å². The Morgan fingerprint density at radius 3 is 2.82 bits per heavy atom. The summed E-state index contributed by atoms with van der Waals surface area (Å²) in [4.78, 5) is 11.6. The second-order valence-corrected chi connectivity index (χ2v) is 3.92. The van der Waals surface area contributed by atoms with E-state index in [1.807, 2.05) is 25.1 Å². The lowest BCUT2D eigenvalue weighted by molar-refractivity contribution is 0.252. The molecule has 0 heterocycles. The van der Waals surface area contributed by atoms with Crippen LogP contribution in [-0.2, 0) is 0 Å². The maximum Gasteiger partial charge on any atom is 0.319 e. The average Bonchev–Trinajstić information content (AvgIpc) is 2.32. The van der Waals surface area contributed by atoms with Crippen molar-refractivity contribution in [2.45, 2.75) is 26.7 Å². The van der Waals surface area contributed by atoms with E-state index in [4.69, 9.17) is 4.74 Å². The number of hydrogen-bond donors (Lipinski definition) is 2. The van der Waals surface area contributed by atoms with Crippen molar-refractivity contribution in [3.8, 4) is 5.75 Å². The number of nitrogens with one attached hydrogen (secondary N) is 2. The summed E-state index contributed by atoms with van der Waals surface area (Å²) >= 11 is 0. The van der Waals surface area contributed by atoms with E-state index < -0.39 is 0 Å². The number of anilines is 1. The quantitative estimate of drug-likeness (QED) is 0.772. The van der Waals surface area contributed by atoms with Gasteiger partial charge in [0.1, 0.15) is 5.75 Å². The highest BCUT2D eigenvalue weighted by molar-refractivity contribution is 5.90. The highest BCUT2D eigenvalue weighted by atomic mass is 16.5. The molecular weight excluding hydrogens is 216 g/mol. The van der Waals surface area contributed by atoms with Gasteiger partial charge in [-0.15, -0.1) is 0 Å². The van der Waals surface area contributed by atoms with Gasteiger partial charge in [-0.05, 0) is 25.0 Å². The Kier molecular flexibility index (Phi) is 5.33. The van der Waals surface area contributed by atoms with Gasteiger partial charge in [-0.2, -0.15) is 0 Å². The van der Waals surface area contributed by atoms with Crippen molar-refractivity contribution in [2.24, 2.45) is 0 Å². The van der Waals surface area contributed by atoms with E-state index in [-0.39, 0.29) is 6.03 Å². The molecule has 2 N–H and O–H groups in total. The first-order chi connectivity index (χ1) is 8.17. The SMILES string of the molecule is CCCCNC(=O)Nc1cc(OC)ccc1C. The maximum absolute atomic E-state index is 11.6. The van der Waals surface area contributed by atoms with Gasteiger partial charge in [-0.3, -0.25) is 0 Å². The zero-order valence-electron chi connectivity index (χ0n) is 10.7. The minimum atomic E-state index is -0.171. The lowest BCUT2D eigenvalue weighted by atomic mass is 10.2. The van der Waals surface area contributed by atoms with Crippen LogP contribution in [0.2, 0.25) is 0 Å². The van der Waals surface area contributed by atoms with Gasteiger partial charge in [0.25, 0.3) is 0 Å². The van der Waals surface area contributed by atoms with Gasteiger partial charge >= 0.3 is 6.03 Å². The van der Waals surface area contributed by atoms with E-state index >= 15 is 0 Å². The molecule has 0 aliphatic carbocycles. The van der Waals surface area contributed by atoms with E-state index in [0.717, 1.165) is 29.8 Å². The minimum Gasteiger partial charge on any atom is -0.497 e. The van der Waals surface area contributed by atoms with Crippen LogP contribution in [0.15, 0.2) is 18.2 Å². The van der Waals surface area contributed by atoms with Gasteiger partial charge in [0.2, 0.25) is 0 Å². The number of aryl methyl sites for hydroxylation is 1. The molecule has 1 aromatic carbocycles. The summed E-state index contributed by atoms with van der Waals surface area (Å²) in [6.07, 6.45) is 2.06. The Bertz CT molecular complexity index is 378. The van der Waals surface area contributed by atoms with Crippen LogP contribution >= 0.6 is 0 Å². The first-order valence-electron chi connectivity index (χ1n) is 5.87. The van der Waals surface area contributed by atoms with Crippen LogP contribution < -0.4 is 15.4 Å². The van der Waals surface area contributed by atoms with E-state index in [9.17, 15) is 4.79 Å². The fraction of sp³-hybridized carbons (Fsp3) is 0.462. The molecule has 0 aliphatic heterocycles. The summed E-state index contributed by atoms with van der Waals surface area (Å²) in [6, 6.07) is 5.43. The fourth-order valence-corrected chi connectivity index (χ4v) is 1.41. The molecule has 0 bridgehead atoms. The largest absolute Gasteiger partial charge is 0.497 e. The summed E-state index contributed by atoms with van der Waals surface area (Å²) < 4.78 is 5.12. The maximum atomic E-state index is 11.6. The highest BCUT2D eigenvalue weighted by Gasteiger charge is 2.04. The molecule has 0 atom stereocenters. The molecule has 4 nitrogen and oxygen atoms in total. The van der Waals surface area contributed by atoms with Crippen LogP contribution in [0, 0.1) is 6.92 Å². The molecule has 1 rings (SSSR count). The van der Waals surface area contributed by atoms with E-state index in [2.05, 4.69) is 17.6 Å². The summed E-state index contributed by atoms with van der Waals surface area (Å²) in [7, 11) is 1.61. The number of unbranched alkanes of at least 4 members (excludes halogenated alkanes) is 1. The Hall–Kier alpha value is -1.71. The third kappa shape index (κ3) is 4.34. The van der Waals surface area contributed by atoms with Crippen molar-refractivity contribution in [1.82, 2.24) is 5.32 Å². The van der Waals surface area contributed by atoms with E-state index in [1.54, 1.807) is 7.11 Å². The highest BCUT2D eigenvalue weighted by Crippen LogP contribution is 2.21. The minimum absolute atomic E-state index is 0.171. The predicted molar refractivity (Wildman–Crippen MR) is 69.7 cm³/mol. The molecule has 17 heavy (non-hydrogen) atoms. The van der Waals surface area contributed by atoms with Gasteiger partial charge in [0.05, 0.1) is 7.11 Å². The first kappa shape index (κ1) is 13.4. The molecule has 0 aromatic heterocycles. The Labute approximate surface area is 102 Å². The number of ether oxygens (including phenoxy) is 1. The van der Waals surface area contributed by atoms with Gasteiger partial charge in [-0.1, -0.05) is 19.4 Å². The van der Waals surface area contributed by atoms with Crippen molar-refractivity contribution in [3.63, 3.8) is 0 Å². The molecule has 0 spiro atoms. The van der Waals surface area contributed by atoms with Gasteiger partial charge in [0, 0.05) is 18.3 Å². The summed E-state index contributed by atoms with van der Waals surface area (Å²) in [6.45, 7) is 4.73. The molecule has 2 amide bonds. The zero-order chi connectivity index (χ0) is 12.7. The Morgan fingerprint density at radius 2 is 2.18 bits per heavy atom. The standard InChI is InChI=1S/C13H20N2O2/c1-4-5-8-14-13(16)15-12-9-11(17-3)7-6-10(12)2/h6-7,9H,4-5,8H2,1-3H3,(H2,14,15,16). The molecule has 0 radical (unpaired) electrons. The van der Waals surface area contributed by atoms with Gasteiger partial charge < -0.3 is 15.4 Å². The van der Waals surface area contributed by atoms with Gasteiger partial charge in [0.15, 0.2) is 0 Å². The number of methoxy groups -OCH3 is 1. The van der Waals surface area contributed by atoms with Crippen molar-refractivity contribution < 1.29 is 9.53 Å². The number of rotatable bonds is 5. The smallest absolute Gasteiger partial charge is 0.319 e. The summed E-state index contributed by atoms with van der Waals surface area (Å²) in [5.41, 5.74) is 1.79. The number of carbonyl (C=O) groups excluding carboxylic acids is 1. The predicted octanol–water partition coefficient (Wildman–Crippen LogP) is 2.93. The number of hydrogen-bond acceptors (Lipinski definition) is 2. The summed E-state index contributed by atoms with van der Waals surface area (Å²) in [5.74, 6) is 0.736. The molecule has 1 aromatic rings. The van der Waals surface area contributed by atoms with Crippen molar-refractivity contribution in [3.05, 3.63) is 23.8 Å². The number of benzene rings is 1. The van der Waals surface area contributed by atoms with Crippen LogP contribution in [0.25, 0.3) is 0 Å². The van der Waals surface area contributed by atoms with Crippen LogP contribution in [0.1, 0.15) is 25.3 Å². The second-order valence-electron chi connectivity index (χ2n) is 3.92. The van der Waals surface area contributed by atoms with Crippen LogP contribution in [0.3, 0.4) is 0 Å². The molecule has 0 fully saturated rings. The van der Waals surface area contributed by atoms with E-state index in [1.165, 1.54) is 0 Å². The van der Waals surface area contributed by atoms with Crippen molar-refractivity contribution in [2.75, 3.05) is 19.0 Å². The fourth-order valence-electron chi connectivity index (χ4n) is 1.41.